The standard InChI is InChI=1S/C24H8F14N4O2S2/c25-17(26)21(18(27)28,23(33,34)35)41-13(9-3-1-7(5-39)45-9)11-12(16(41)44)14(10-4-2-8(6-40)46-10)42(15(11)43)22(19(29)30,20(31)32)24(36,37)38/h1-4,17-20H. The number of halogens is 14. The number of nitriles is 2. The zero-order chi connectivity index (χ0) is 34.9. The number of nitrogens with zero attached hydrogens (tertiary/aromatic N) is 4. The maximum absolute atomic E-state index is 14.3. The third-order valence-corrected chi connectivity index (χ3v) is 8.88. The first-order valence-electron chi connectivity index (χ1n) is 11.6. The smallest absolute Gasteiger partial charge is 0.281 e. The molecule has 0 N–H and O–H groups in total. The van der Waals surface area contributed by atoms with Crippen LogP contribution in [0.25, 0.3) is 11.4 Å². The fourth-order valence-electron chi connectivity index (χ4n) is 4.86. The summed E-state index contributed by atoms with van der Waals surface area (Å²) in [6.45, 7) is 0. The zero-order valence-electron chi connectivity index (χ0n) is 21.3. The van der Waals surface area contributed by atoms with E-state index in [1.165, 1.54) is 12.1 Å². The van der Waals surface area contributed by atoms with Crippen LogP contribution >= 0.6 is 22.7 Å². The molecule has 2 aliphatic heterocycles. The van der Waals surface area contributed by atoms with Crippen molar-refractivity contribution < 1.29 is 71.1 Å². The first-order chi connectivity index (χ1) is 21.2. The molecule has 0 bridgehead atoms. The molecule has 46 heavy (non-hydrogen) atoms. The van der Waals surface area contributed by atoms with Crippen LogP contribution in [0.2, 0.25) is 0 Å². The molecule has 6 nitrogen and oxygen atoms in total. The Hall–Kier alpha value is -4.18. The van der Waals surface area contributed by atoms with Crippen molar-refractivity contribution >= 4 is 45.9 Å². The minimum absolute atomic E-state index is 0.0536. The second kappa shape index (κ2) is 11.3. The molecule has 0 saturated carbocycles. The Morgan fingerprint density at radius 3 is 1.04 bits per heavy atom. The summed E-state index contributed by atoms with van der Waals surface area (Å²) in [6.07, 6.45) is -34.7. The Morgan fingerprint density at radius 1 is 0.565 bits per heavy atom. The van der Waals surface area contributed by atoms with Crippen LogP contribution in [-0.4, -0.2) is 70.7 Å². The summed E-state index contributed by atoms with van der Waals surface area (Å²) in [5.74, 6) is -5.46. The predicted molar refractivity (Wildman–Crippen MR) is 127 cm³/mol. The van der Waals surface area contributed by atoms with Crippen LogP contribution in [-0.2, 0) is 9.59 Å². The van der Waals surface area contributed by atoms with Gasteiger partial charge in [-0.15, -0.1) is 22.7 Å². The average Bonchev–Trinajstić information content (AvgIpc) is 3.69. The van der Waals surface area contributed by atoms with Crippen LogP contribution in [0.5, 0.6) is 0 Å². The average molecular weight is 714 g/mol. The summed E-state index contributed by atoms with van der Waals surface area (Å²) in [5, 5.41) is 18.3. The third-order valence-electron chi connectivity index (χ3n) is 6.88. The molecule has 246 valence electrons. The molecule has 0 aliphatic carbocycles. The number of thiophene rings is 2. The molecular weight excluding hydrogens is 706 g/mol. The molecule has 2 aromatic heterocycles. The molecule has 2 aliphatic rings. The molecule has 2 amide bonds. The van der Waals surface area contributed by atoms with Crippen molar-refractivity contribution in [2.75, 3.05) is 0 Å². The normalized spacial score (nSPS) is 16.6. The number of alkyl halides is 14. The molecule has 22 heteroatoms. The first kappa shape index (κ1) is 34.7. The molecule has 0 aromatic carbocycles. The first-order valence-corrected chi connectivity index (χ1v) is 13.3. The highest BCUT2D eigenvalue weighted by atomic mass is 32.1. The molecule has 0 spiro atoms. The second-order valence-electron chi connectivity index (χ2n) is 9.13. The minimum atomic E-state index is -6.80. The van der Waals surface area contributed by atoms with Gasteiger partial charge in [-0.05, 0) is 24.3 Å². The third kappa shape index (κ3) is 4.47. The van der Waals surface area contributed by atoms with Crippen molar-refractivity contribution in [2.45, 2.75) is 49.1 Å². The van der Waals surface area contributed by atoms with Gasteiger partial charge in [0.2, 0.25) is 0 Å². The predicted octanol–water partition coefficient (Wildman–Crippen LogP) is 7.02. The lowest BCUT2D eigenvalue weighted by atomic mass is 9.94. The molecule has 4 rings (SSSR count). The maximum Gasteiger partial charge on any atom is 0.423 e. The van der Waals surface area contributed by atoms with Crippen LogP contribution in [0, 0.1) is 22.7 Å². The van der Waals surface area contributed by atoms with E-state index < -0.39 is 113 Å². The fourth-order valence-corrected chi connectivity index (χ4v) is 6.55. The summed E-state index contributed by atoms with van der Waals surface area (Å²) >= 11 is -0.107. The van der Waals surface area contributed by atoms with Crippen molar-refractivity contribution in [2.24, 2.45) is 0 Å². The number of hydrogen-bond donors (Lipinski definition) is 0. The van der Waals surface area contributed by atoms with Gasteiger partial charge in [0.1, 0.15) is 21.9 Å². The van der Waals surface area contributed by atoms with E-state index >= 15 is 0 Å². The van der Waals surface area contributed by atoms with Crippen molar-refractivity contribution in [3.8, 4) is 12.1 Å². The number of carbonyl (C=O) groups is 2. The molecule has 0 unspecified atom stereocenters. The van der Waals surface area contributed by atoms with E-state index in [9.17, 15) is 71.1 Å². The van der Waals surface area contributed by atoms with Crippen molar-refractivity contribution in [3.05, 3.63) is 54.9 Å². The lowest BCUT2D eigenvalue weighted by Crippen LogP contribution is -2.69. The van der Waals surface area contributed by atoms with Crippen molar-refractivity contribution in [1.82, 2.24) is 9.80 Å². The van der Waals surface area contributed by atoms with Crippen LogP contribution in [0.3, 0.4) is 0 Å². The van der Waals surface area contributed by atoms with E-state index in [2.05, 4.69) is 0 Å². The van der Waals surface area contributed by atoms with Gasteiger partial charge in [0.15, 0.2) is 0 Å². The Morgan fingerprint density at radius 2 is 0.848 bits per heavy atom. The van der Waals surface area contributed by atoms with Gasteiger partial charge in [-0.3, -0.25) is 19.4 Å². The molecule has 0 atom stereocenters. The number of amides is 2. The van der Waals surface area contributed by atoms with Gasteiger partial charge >= 0.3 is 12.4 Å². The summed E-state index contributed by atoms with van der Waals surface area (Å²) in [7, 11) is 0. The zero-order valence-corrected chi connectivity index (χ0v) is 23.0. The molecule has 0 fully saturated rings. The van der Waals surface area contributed by atoms with E-state index in [-0.39, 0.29) is 22.7 Å². The van der Waals surface area contributed by atoms with Gasteiger partial charge in [-0.2, -0.15) is 36.9 Å². The SMILES string of the molecule is N#Cc1ccc(C2=C3C(=O)N(C(C(F)F)(C(F)F)C(F)(F)F)C(c4ccc(C#N)s4)=C3C(=O)N2C(C(F)F)(C(F)F)C(F)(F)F)s1. The number of rotatable bonds is 8. The van der Waals surface area contributed by atoms with Crippen molar-refractivity contribution in [1.29, 1.82) is 10.5 Å². The largest absolute Gasteiger partial charge is 0.423 e. The van der Waals surface area contributed by atoms with Gasteiger partial charge in [0.25, 0.3) is 48.6 Å². The highest BCUT2D eigenvalue weighted by Crippen LogP contribution is 2.59. The van der Waals surface area contributed by atoms with Gasteiger partial charge in [-0.25, -0.2) is 35.1 Å². The van der Waals surface area contributed by atoms with E-state index in [0.29, 0.717) is 24.3 Å². The summed E-state index contributed by atoms with van der Waals surface area (Å²) in [4.78, 5) is 21.5. The van der Waals surface area contributed by atoms with E-state index in [1.54, 1.807) is 0 Å². The topological polar surface area (TPSA) is 88.2 Å². The summed E-state index contributed by atoms with van der Waals surface area (Å²) in [6, 6.07) is 5.23. The number of hydrogen-bond acceptors (Lipinski definition) is 6. The fraction of sp³-hybridized carbons (Fsp3) is 0.333. The Balaban J connectivity index is 2.30. The summed E-state index contributed by atoms with van der Waals surface area (Å²) in [5.41, 5.74) is -19.5. The highest BCUT2D eigenvalue weighted by Gasteiger charge is 2.78. The monoisotopic (exact) mass is 714 g/mol. The number of carbonyl (C=O) groups excluding carboxylic acids is 2. The highest BCUT2D eigenvalue weighted by molar-refractivity contribution is 7.14. The molecule has 4 heterocycles. The van der Waals surface area contributed by atoms with Crippen LogP contribution < -0.4 is 0 Å². The van der Waals surface area contributed by atoms with Gasteiger partial charge in [0, 0.05) is 0 Å². The molecule has 0 saturated heterocycles. The van der Waals surface area contributed by atoms with Crippen LogP contribution in [0.1, 0.15) is 19.5 Å². The van der Waals surface area contributed by atoms with Gasteiger partial charge < -0.3 is 0 Å². The van der Waals surface area contributed by atoms with E-state index in [1.807, 2.05) is 0 Å². The molecule has 2 aromatic rings. The quantitative estimate of drug-likeness (QED) is 0.275. The van der Waals surface area contributed by atoms with Crippen molar-refractivity contribution in [3.63, 3.8) is 0 Å². The number of fused-ring (bicyclic) bond motifs is 1. The Labute approximate surface area is 253 Å². The Bertz CT molecular complexity index is 1600. The van der Waals surface area contributed by atoms with Gasteiger partial charge in [-0.1, -0.05) is 0 Å². The second-order valence-corrected chi connectivity index (χ2v) is 11.3. The van der Waals surface area contributed by atoms with Gasteiger partial charge in [0.05, 0.1) is 32.3 Å². The lowest BCUT2D eigenvalue weighted by molar-refractivity contribution is -0.290. The molecular formula is C24H8F14N4O2S2. The Kier molecular flexibility index (Phi) is 8.49. The summed E-state index contributed by atoms with van der Waals surface area (Å²) < 4.78 is 200. The van der Waals surface area contributed by atoms with E-state index in [0.717, 1.165) is 0 Å². The lowest BCUT2D eigenvalue weighted by Gasteiger charge is -2.44. The minimum Gasteiger partial charge on any atom is -0.281 e. The van der Waals surface area contributed by atoms with Crippen LogP contribution in [0.15, 0.2) is 35.4 Å². The maximum atomic E-state index is 14.3. The molecule has 0 radical (unpaired) electrons. The van der Waals surface area contributed by atoms with Crippen LogP contribution in [0.4, 0.5) is 61.5 Å². The van der Waals surface area contributed by atoms with E-state index in [4.69, 9.17) is 10.5 Å².